The van der Waals surface area contributed by atoms with Gasteiger partial charge in [0.2, 0.25) is 18.6 Å². The Balaban J connectivity index is 1.46. The third-order valence-corrected chi connectivity index (χ3v) is 5.88. The van der Waals surface area contributed by atoms with Crippen molar-refractivity contribution in [2.75, 3.05) is 39.5 Å². The summed E-state index contributed by atoms with van der Waals surface area (Å²) in [6.45, 7) is 8.64. The number of carbonyl (C=O) groups is 2. The number of amides is 2. The molecule has 2 aliphatic heterocycles. The number of hydrogen-bond donors (Lipinski definition) is 2. The van der Waals surface area contributed by atoms with Crippen LogP contribution in [0.3, 0.4) is 0 Å². The molecule has 2 aliphatic rings. The zero-order chi connectivity index (χ0) is 22.2. The van der Waals surface area contributed by atoms with Crippen molar-refractivity contribution >= 4 is 11.8 Å². The fraction of sp³-hybridized carbons (Fsp3) is 0.652. The third-order valence-electron chi connectivity index (χ3n) is 5.88. The van der Waals surface area contributed by atoms with Crippen LogP contribution < -0.4 is 20.5 Å². The number of carbonyl (C=O) groups excluding carboxylic acids is 2. The molecule has 8 nitrogen and oxygen atoms in total. The van der Waals surface area contributed by atoms with Gasteiger partial charge < -0.3 is 25.4 Å². The number of piperazine rings is 1. The van der Waals surface area contributed by atoms with Crippen LogP contribution in [0, 0.1) is 5.92 Å². The highest BCUT2D eigenvalue weighted by molar-refractivity contribution is 5.88. The molecule has 3 N–H and O–H groups in total. The summed E-state index contributed by atoms with van der Waals surface area (Å²) < 4.78 is 10.8. The Morgan fingerprint density at radius 2 is 1.81 bits per heavy atom. The highest BCUT2D eigenvalue weighted by atomic mass is 16.7. The number of ether oxygens (including phenoxy) is 2. The van der Waals surface area contributed by atoms with Gasteiger partial charge in [-0.05, 0) is 43.0 Å². The lowest BCUT2D eigenvalue weighted by molar-refractivity contribution is -0.139. The van der Waals surface area contributed by atoms with E-state index in [1.54, 1.807) is 0 Å². The van der Waals surface area contributed by atoms with E-state index in [0.29, 0.717) is 26.1 Å². The first-order valence-corrected chi connectivity index (χ1v) is 11.4. The average molecular weight is 433 g/mol. The highest BCUT2D eigenvalue weighted by Crippen LogP contribution is 2.32. The van der Waals surface area contributed by atoms with Gasteiger partial charge in [0.05, 0.1) is 0 Å². The minimum absolute atomic E-state index is 0.0213. The molecular weight excluding hydrogens is 396 g/mol. The fourth-order valence-electron chi connectivity index (χ4n) is 3.99. The Hall–Kier alpha value is -2.32. The number of fused-ring (bicyclic) bond motifs is 1. The number of benzene rings is 1. The smallest absolute Gasteiger partial charge is 0.245 e. The molecule has 0 aliphatic carbocycles. The first kappa shape index (κ1) is 23.3. The van der Waals surface area contributed by atoms with Crippen LogP contribution >= 0.6 is 0 Å². The maximum atomic E-state index is 13.1. The van der Waals surface area contributed by atoms with Gasteiger partial charge in [0.25, 0.3) is 0 Å². The van der Waals surface area contributed by atoms with Gasteiger partial charge in [-0.25, -0.2) is 0 Å². The minimum atomic E-state index is -0.470. The molecule has 0 saturated carbocycles. The van der Waals surface area contributed by atoms with Gasteiger partial charge in [0.15, 0.2) is 11.5 Å². The lowest BCUT2D eigenvalue weighted by Crippen LogP contribution is -2.56. The maximum absolute atomic E-state index is 13.1. The zero-order valence-corrected chi connectivity index (χ0v) is 18.8. The topological polar surface area (TPSA) is 97.1 Å². The number of rotatable bonds is 10. The lowest BCUT2D eigenvalue weighted by atomic mass is 10.0. The highest BCUT2D eigenvalue weighted by Gasteiger charge is 2.30. The van der Waals surface area contributed by atoms with Crippen LogP contribution in [0.1, 0.15) is 45.1 Å². The number of unbranched alkanes of at least 4 members (excludes halogenated alkanes) is 2. The maximum Gasteiger partial charge on any atom is 0.245 e. The van der Waals surface area contributed by atoms with E-state index in [-0.39, 0.29) is 24.5 Å². The van der Waals surface area contributed by atoms with Gasteiger partial charge in [-0.1, -0.05) is 26.3 Å². The van der Waals surface area contributed by atoms with Crippen molar-refractivity contribution in [2.45, 2.75) is 52.1 Å². The van der Waals surface area contributed by atoms with Crippen molar-refractivity contribution in [3.05, 3.63) is 23.8 Å². The van der Waals surface area contributed by atoms with Crippen molar-refractivity contribution in [3.8, 4) is 11.5 Å². The first-order chi connectivity index (χ1) is 15.0. The number of hydrogen-bond acceptors (Lipinski definition) is 6. The number of nitrogens with two attached hydrogens (primary N) is 1. The summed E-state index contributed by atoms with van der Waals surface area (Å²) >= 11 is 0. The molecule has 0 aromatic heterocycles. The van der Waals surface area contributed by atoms with Crippen LogP contribution in [0.5, 0.6) is 11.5 Å². The third kappa shape index (κ3) is 6.58. The predicted octanol–water partition coefficient (Wildman–Crippen LogP) is 1.72. The molecule has 1 fully saturated rings. The average Bonchev–Trinajstić information content (AvgIpc) is 3.23. The van der Waals surface area contributed by atoms with Crippen LogP contribution in [0.4, 0.5) is 0 Å². The number of nitrogens with zero attached hydrogens (tertiary/aromatic N) is 2. The van der Waals surface area contributed by atoms with Crippen LogP contribution in [0.25, 0.3) is 0 Å². The Labute approximate surface area is 185 Å². The molecule has 2 heterocycles. The fourth-order valence-corrected chi connectivity index (χ4v) is 3.99. The van der Waals surface area contributed by atoms with Gasteiger partial charge in [-0.3, -0.25) is 14.5 Å². The van der Waals surface area contributed by atoms with Crippen LogP contribution in [0.2, 0.25) is 0 Å². The summed E-state index contributed by atoms with van der Waals surface area (Å²) in [5.41, 5.74) is 6.67. The van der Waals surface area contributed by atoms with E-state index in [1.165, 1.54) is 5.56 Å². The van der Waals surface area contributed by atoms with E-state index < -0.39 is 6.04 Å². The van der Waals surface area contributed by atoms with E-state index in [4.69, 9.17) is 15.2 Å². The summed E-state index contributed by atoms with van der Waals surface area (Å²) in [5.74, 6) is 1.61. The summed E-state index contributed by atoms with van der Waals surface area (Å²) in [5, 5.41) is 2.96. The van der Waals surface area contributed by atoms with E-state index in [2.05, 4.69) is 16.3 Å². The molecule has 0 bridgehead atoms. The molecular formula is C23H36N4O4. The zero-order valence-electron chi connectivity index (χ0n) is 18.8. The Kier molecular flexibility index (Phi) is 8.54. The quantitative estimate of drug-likeness (QED) is 0.547. The lowest BCUT2D eigenvalue weighted by Gasteiger charge is -2.37. The first-order valence-electron chi connectivity index (χ1n) is 11.4. The van der Waals surface area contributed by atoms with Crippen molar-refractivity contribution in [1.82, 2.24) is 15.1 Å². The second kappa shape index (κ2) is 11.3. The minimum Gasteiger partial charge on any atom is -0.454 e. The molecule has 3 rings (SSSR count). The second-order valence-electron chi connectivity index (χ2n) is 8.68. The molecule has 172 valence electrons. The van der Waals surface area contributed by atoms with Gasteiger partial charge in [-0.15, -0.1) is 0 Å². The van der Waals surface area contributed by atoms with Crippen LogP contribution in [0.15, 0.2) is 18.2 Å². The SMILES string of the molecule is CC(C)C(NC(=O)CCCCCN)C(=O)N1CCN(Cc2ccc3c(c2)OCO3)CC1. The van der Waals surface area contributed by atoms with Crippen molar-refractivity contribution < 1.29 is 19.1 Å². The Bertz CT molecular complexity index is 747. The molecule has 31 heavy (non-hydrogen) atoms. The number of nitrogens with one attached hydrogen (secondary N) is 1. The van der Waals surface area contributed by atoms with Crippen molar-refractivity contribution in [3.63, 3.8) is 0 Å². The molecule has 1 saturated heterocycles. The Morgan fingerprint density at radius 1 is 1.06 bits per heavy atom. The van der Waals surface area contributed by atoms with Gasteiger partial charge in [0, 0.05) is 39.1 Å². The standard InChI is InChI=1S/C23H36N4O4/c1-17(2)22(25-21(28)6-4-3-5-9-24)23(29)27-12-10-26(11-13-27)15-18-7-8-19-20(14-18)31-16-30-19/h7-8,14,17,22H,3-6,9-13,15-16,24H2,1-2H3,(H,25,28). The van der Waals surface area contributed by atoms with Gasteiger partial charge in [0.1, 0.15) is 6.04 Å². The van der Waals surface area contributed by atoms with Crippen LogP contribution in [-0.4, -0.2) is 67.2 Å². The molecule has 1 atom stereocenters. The van der Waals surface area contributed by atoms with Gasteiger partial charge >= 0.3 is 0 Å². The van der Waals surface area contributed by atoms with Crippen molar-refractivity contribution in [1.29, 1.82) is 0 Å². The summed E-state index contributed by atoms with van der Waals surface area (Å²) in [7, 11) is 0. The predicted molar refractivity (Wildman–Crippen MR) is 119 cm³/mol. The Morgan fingerprint density at radius 3 is 2.52 bits per heavy atom. The monoisotopic (exact) mass is 432 g/mol. The van der Waals surface area contributed by atoms with E-state index >= 15 is 0 Å². The van der Waals surface area contributed by atoms with Crippen LogP contribution in [-0.2, 0) is 16.1 Å². The van der Waals surface area contributed by atoms with Gasteiger partial charge in [-0.2, -0.15) is 0 Å². The summed E-state index contributed by atoms with van der Waals surface area (Å²) in [4.78, 5) is 29.6. The normalized spacial score (nSPS) is 17.1. The molecule has 0 spiro atoms. The summed E-state index contributed by atoms with van der Waals surface area (Å²) in [6, 6.07) is 5.56. The van der Waals surface area contributed by atoms with E-state index in [0.717, 1.165) is 50.4 Å². The van der Waals surface area contributed by atoms with Crippen molar-refractivity contribution in [2.24, 2.45) is 11.7 Å². The molecule has 1 aromatic carbocycles. The molecule has 0 radical (unpaired) electrons. The summed E-state index contributed by atoms with van der Waals surface area (Å²) in [6.07, 6.45) is 3.12. The van der Waals surface area contributed by atoms with E-state index in [1.807, 2.05) is 30.9 Å². The largest absolute Gasteiger partial charge is 0.454 e. The van der Waals surface area contributed by atoms with E-state index in [9.17, 15) is 9.59 Å². The second-order valence-corrected chi connectivity index (χ2v) is 8.68. The molecule has 2 amide bonds. The molecule has 8 heteroatoms. The molecule has 1 unspecified atom stereocenters. The molecule has 1 aromatic rings.